The fourth-order valence-corrected chi connectivity index (χ4v) is 1.54. The molecule has 0 spiro atoms. The van der Waals surface area contributed by atoms with Gasteiger partial charge >= 0.3 is 0 Å². The van der Waals surface area contributed by atoms with Crippen molar-refractivity contribution in [3.8, 4) is 0 Å². The van der Waals surface area contributed by atoms with Gasteiger partial charge in [0.15, 0.2) is 0 Å². The molecule has 2 N–H and O–H groups in total. The Morgan fingerprint density at radius 3 is 3.00 bits per heavy atom. The van der Waals surface area contributed by atoms with Gasteiger partial charge in [-0.3, -0.25) is 4.79 Å². The fourth-order valence-electron chi connectivity index (χ4n) is 1.44. The van der Waals surface area contributed by atoms with Gasteiger partial charge in [-0.2, -0.15) is 0 Å². The summed E-state index contributed by atoms with van der Waals surface area (Å²) < 4.78 is 13.5. The van der Waals surface area contributed by atoms with Crippen molar-refractivity contribution in [3.63, 3.8) is 0 Å². The Kier molecular flexibility index (Phi) is 4.72. The van der Waals surface area contributed by atoms with Crippen LogP contribution in [0.15, 0.2) is 18.5 Å². The first-order chi connectivity index (χ1) is 7.72. The van der Waals surface area contributed by atoms with Crippen LogP contribution in [0.3, 0.4) is 0 Å². The minimum Gasteiger partial charge on any atom is -0.351 e. The number of halogens is 3. The molecule has 2 aromatic rings. The molecule has 0 aliphatic heterocycles. The molecule has 0 radical (unpaired) electrons. The van der Waals surface area contributed by atoms with Gasteiger partial charge in [-0.15, -0.1) is 24.0 Å². The summed E-state index contributed by atoms with van der Waals surface area (Å²) in [6.45, 7) is 0.0829. The monoisotopic (exact) mass is 277 g/mol. The summed E-state index contributed by atoms with van der Waals surface area (Å²) in [6.07, 6.45) is 1.48. The van der Waals surface area contributed by atoms with E-state index in [-0.39, 0.29) is 30.7 Å². The van der Waals surface area contributed by atoms with Crippen LogP contribution in [0.25, 0.3) is 11.0 Å². The third-order valence-electron chi connectivity index (χ3n) is 2.22. The molecule has 0 atom stereocenters. The summed E-state index contributed by atoms with van der Waals surface area (Å²) in [7, 11) is 0. The van der Waals surface area contributed by atoms with Gasteiger partial charge in [-0.1, -0.05) is 0 Å². The molecule has 0 unspecified atom stereocenters. The molecule has 0 aliphatic carbocycles. The molecule has 92 valence electrons. The van der Waals surface area contributed by atoms with E-state index in [0.29, 0.717) is 11.1 Å². The van der Waals surface area contributed by atoms with Crippen LogP contribution in [0.2, 0.25) is 0 Å². The van der Waals surface area contributed by atoms with Crippen LogP contribution >= 0.6 is 24.0 Å². The molecular weight excluding hydrogens is 268 g/mol. The summed E-state index contributed by atoms with van der Waals surface area (Å²) in [4.78, 5) is 17.9. The second kappa shape index (κ2) is 5.84. The van der Waals surface area contributed by atoms with Gasteiger partial charge in [0, 0.05) is 12.1 Å². The summed E-state index contributed by atoms with van der Waals surface area (Å²) >= 11 is 5.33. The van der Waals surface area contributed by atoms with E-state index in [9.17, 15) is 9.18 Å². The number of nitrogens with one attached hydrogen (secondary N) is 2. The molecule has 4 nitrogen and oxygen atoms in total. The molecule has 1 heterocycles. The molecule has 0 saturated carbocycles. The molecule has 1 aromatic carbocycles. The molecule has 0 bridgehead atoms. The van der Waals surface area contributed by atoms with Crippen LogP contribution in [-0.4, -0.2) is 21.8 Å². The lowest BCUT2D eigenvalue weighted by atomic mass is 10.1. The Labute approximate surface area is 108 Å². The van der Waals surface area contributed by atoms with Gasteiger partial charge in [0.25, 0.3) is 0 Å². The molecule has 1 aromatic heterocycles. The SMILES string of the molecule is Cl.O=C(CCl)NCc1c(F)ccc2[nH]cnc12. The predicted octanol–water partition coefficient (Wildman–Crippen LogP) is 1.98. The quantitative estimate of drug-likeness (QED) is 0.843. The number of hydrogen-bond donors (Lipinski definition) is 2. The zero-order valence-corrected chi connectivity index (χ0v) is 10.2. The van der Waals surface area contributed by atoms with Crippen molar-refractivity contribution in [3.05, 3.63) is 29.8 Å². The summed E-state index contributed by atoms with van der Waals surface area (Å²) in [5, 5.41) is 2.51. The number of carbonyl (C=O) groups excluding carboxylic acids is 1. The van der Waals surface area contributed by atoms with E-state index in [2.05, 4.69) is 15.3 Å². The molecule has 0 saturated heterocycles. The van der Waals surface area contributed by atoms with E-state index in [0.717, 1.165) is 5.52 Å². The average molecular weight is 278 g/mol. The van der Waals surface area contributed by atoms with Gasteiger partial charge in [0.05, 0.1) is 17.4 Å². The predicted molar refractivity (Wildman–Crippen MR) is 65.9 cm³/mol. The summed E-state index contributed by atoms with van der Waals surface area (Å²) in [5.41, 5.74) is 1.61. The summed E-state index contributed by atoms with van der Waals surface area (Å²) in [6, 6.07) is 2.94. The number of imidazole rings is 1. The van der Waals surface area contributed by atoms with E-state index in [1.807, 2.05) is 0 Å². The van der Waals surface area contributed by atoms with Gasteiger partial charge in [-0.05, 0) is 12.1 Å². The highest BCUT2D eigenvalue weighted by Crippen LogP contribution is 2.18. The second-order valence-electron chi connectivity index (χ2n) is 3.24. The number of aromatic nitrogens is 2. The standard InChI is InChI=1S/C10H9ClFN3O.ClH/c11-3-9(16)13-4-6-7(12)1-2-8-10(6)15-5-14-8;/h1-2,5H,3-4H2,(H,13,16)(H,14,15);1H. The second-order valence-corrected chi connectivity index (χ2v) is 3.50. The molecule has 7 heteroatoms. The lowest BCUT2D eigenvalue weighted by Crippen LogP contribution is -2.24. The van der Waals surface area contributed by atoms with E-state index >= 15 is 0 Å². The Bertz CT molecular complexity index is 529. The zero-order chi connectivity index (χ0) is 11.5. The van der Waals surface area contributed by atoms with Crippen molar-refractivity contribution in [1.82, 2.24) is 15.3 Å². The van der Waals surface area contributed by atoms with Crippen molar-refractivity contribution >= 4 is 40.9 Å². The first kappa shape index (κ1) is 13.7. The Hall–Kier alpha value is -1.33. The number of aromatic amines is 1. The third-order valence-corrected chi connectivity index (χ3v) is 2.47. The van der Waals surface area contributed by atoms with Crippen molar-refractivity contribution in [2.45, 2.75) is 6.54 Å². The fraction of sp³-hybridized carbons (Fsp3) is 0.200. The van der Waals surface area contributed by atoms with Gasteiger partial charge < -0.3 is 10.3 Å². The highest BCUT2D eigenvalue weighted by atomic mass is 35.5. The number of H-pyrrole nitrogens is 1. The maximum Gasteiger partial charge on any atom is 0.235 e. The average Bonchev–Trinajstić information content (AvgIpc) is 2.75. The van der Waals surface area contributed by atoms with Crippen molar-refractivity contribution in [1.29, 1.82) is 0 Å². The zero-order valence-electron chi connectivity index (χ0n) is 8.67. The Morgan fingerprint density at radius 2 is 2.29 bits per heavy atom. The van der Waals surface area contributed by atoms with Crippen LogP contribution in [0.1, 0.15) is 5.56 Å². The number of amides is 1. The maximum absolute atomic E-state index is 13.5. The van der Waals surface area contributed by atoms with Crippen LogP contribution < -0.4 is 5.32 Å². The van der Waals surface area contributed by atoms with Crippen LogP contribution in [0.4, 0.5) is 4.39 Å². The van der Waals surface area contributed by atoms with Crippen LogP contribution in [0, 0.1) is 5.82 Å². The van der Waals surface area contributed by atoms with Crippen molar-refractivity contribution in [2.24, 2.45) is 0 Å². The minimum atomic E-state index is -0.394. The van der Waals surface area contributed by atoms with Gasteiger partial charge in [-0.25, -0.2) is 9.37 Å². The first-order valence-electron chi connectivity index (χ1n) is 4.65. The Morgan fingerprint density at radius 1 is 1.53 bits per heavy atom. The smallest absolute Gasteiger partial charge is 0.235 e. The number of nitrogens with zero attached hydrogens (tertiary/aromatic N) is 1. The molecule has 17 heavy (non-hydrogen) atoms. The highest BCUT2D eigenvalue weighted by Gasteiger charge is 2.10. The molecule has 0 fully saturated rings. The molecular formula is C10H10Cl2FN3O. The van der Waals surface area contributed by atoms with E-state index in [1.165, 1.54) is 12.4 Å². The lowest BCUT2D eigenvalue weighted by Gasteiger charge is -2.05. The third kappa shape index (κ3) is 2.87. The number of rotatable bonds is 3. The number of hydrogen-bond acceptors (Lipinski definition) is 2. The minimum absolute atomic E-state index is 0. The molecule has 0 aliphatic rings. The lowest BCUT2D eigenvalue weighted by molar-refractivity contribution is -0.118. The van der Waals surface area contributed by atoms with E-state index in [4.69, 9.17) is 11.6 Å². The molecule has 1 amide bonds. The molecule has 2 rings (SSSR count). The number of carbonyl (C=O) groups is 1. The normalized spacial score (nSPS) is 10.0. The van der Waals surface area contributed by atoms with Crippen molar-refractivity contribution < 1.29 is 9.18 Å². The Balaban J connectivity index is 0.00000144. The topological polar surface area (TPSA) is 57.8 Å². The van der Waals surface area contributed by atoms with Crippen LogP contribution in [-0.2, 0) is 11.3 Å². The van der Waals surface area contributed by atoms with Crippen LogP contribution in [0.5, 0.6) is 0 Å². The number of alkyl halides is 1. The number of benzene rings is 1. The largest absolute Gasteiger partial charge is 0.351 e. The van der Waals surface area contributed by atoms with Gasteiger partial charge in [0.1, 0.15) is 11.7 Å². The van der Waals surface area contributed by atoms with Crippen molar-refractivity contribution in [2.75, 3.05) is 5.88 Å². The maximum atomic E-state index is 13.5. The summed E-state index contributed by atoms with van der Waals surface area (Å²) in [5.74, 6) is -0.874. The van der Waals surface area contributed by atoms with E-state index < -0.39 is 5.82 Å². The first-order valence-corrected chi connectivity index (χ1v) is 5.19. The number of fused-ring (bicyclic) bond motifs is 1. The van der Waals surface area contributed by atoms with E-state index in [1.54, 1.807) is 6.07 Å². The highest BCUT2D eigenvalue weighted by molar-refractivity contribution is 6.27. The van der Waals surface area contributed by atoms with Gasteiger partial charge in [0.2, 0.25) is 5.91 Å².